The molecule has 0 unspecified atom stereocenters. The second-order valence-electron chi connectivity index (χ2n) is 9.44. The van der Waals surface area contributed by atoms with Gasteiger partial charge in [0, 0.05) is 35.3 Å². The number of hydrogen-bond acceptors (Lipinski definition) is 6. The molecule has 2 heterocycles. The normalized spacial score (nSPS) is 14.8. The second-order valence-corrected chi connectivity index (χ2v) is 10.3. The monoisotopic (exact) mass is 557 g/mol. The van der Waals surface area contributed by atoms with E-state index in [9.17, 15) is 14.4 Å². The molecule has 9 nitrogen and oxygen atoms in total. The van der Waals surface area contributed by atoms with Gasteiger partial charge in [0.1, 0.15) is 0 Å². The number of hydrogen-bond donors (Lipinski definition) is 3. The molecule has 0 aliphatic carbocycles. The summed E-state index contributed by atoms with van der Waals surface area (Å²) in [5.74, 6) is -0.193. The number of nitrogens with one attached hydrogen (secondary N) is 2. The van der Waals surface area contributed by atoms with Gasteiger partial charge in [-0.25, -0.2) is 9.55 Å². The van der Waals surface area contributed by atoms with Crippen molar-refractivity contribution in [3.05, 3.63) is 85.2 Å². The van der Waals surface area contributed by atoms with Crippen molar-refractivity contribution < 1.29 is 14.7 Å². The van der Waals surface area contributed by atoms with Crippen molar-refractivity contribution in [2.45, 2.75) is 45.8 Å². The molecule has 1 atom stereocenters. The zero-order chi connectivity index (χ0) is 27.6. The van der Waals surface area contributed by atoms with Crippen molar-refractivity contribution in [2.24, 2.45) is 0 Å². The Kier molecular flexibility index (Phi) is 8.40. The summed E-state index contributed by atoms with van der Waals surface area (Å²) in [6.45, 7) is 5.93. The molecule has 0 saturated carbocycles. The number of carbonyl (C=O) groups excluding carboxylic acids is 2. The molecule has 3 N–H and O–H groups in total. The topological polar surface area (TPSA) is 117 Å². The van der Waals surface area contributed by atoms with Gasteiger partial charge < -0.3 is 20.6 Å². The maximum Gasteiger partial charge on any atom is 0.263 e. The second kappa shape index (κ2) is 11.6. The van der Waals surface area contributed by atoms with E-state index in [1.165, 1.54) is 4.57 Å². The van der Waals surface area contributed by atoms with E-state index in [2.05, 4.69) is 10.6 Å². The average Bonchev–Trinajstić information content (AvgIpc) is 2.88. The predicted molar refractivity (Wildman–Crippen MR) is 148 cm³/mol. The summed E-state index contributed by atoms with van der Waals surface area (Å²) in [5.41, 5.74) is 2.20. The molecule has 200 valence electrons. The fourth-order valence-corrected chi connectivity index (χ4v) is 4.65. The number of aliphatic hydroxyl groups excluding tert-OH is 1. The van der Waals surface area contributed by atoms with Gasteiger partial charge in [-0.3, -0.25) is 14.4 Å². The number of aliphatic hydroxyl groups is 1. The third-order valence-electron chi connectivity index (χ3n) is 6.24. The van der Waals surface area contributed by atoms with Crippen molar-refractivity contribution >= 4 is 41.0 Å². The molecule has 2 aromatic carbocycles. The Morgan fingerprint density at radius 2 is 1.79 bits per heavy atom. The Bertz CT molecular complexity index is 1420. The first-order chi connectivity index (χ1) is 18.1. The third kappa shape index (κ3) is 5.70. The third-order valence-corrected chi connectivity index (χ3v) is 6.98. The molecule has 0 saturated heterocycles. The highest BCUT2D eigenvalue weighted by Crippen LogP contribution is 2.27. The van der Waals surface area contributed by atoms with Crippen LogP contribution in [0.1, 0.15) is 52.7 Å². The first-order valence-corrected chi connectivity index (χ1v) is 13.0. The van der Waals surface area contributed by atoms with E-state index in [4.69, 9.17) is 33.3 Å². The molecule has 0 fully saturated rings. The smallest absolute Gasteiger partial charge is 0.263 e. The summed E-state index contributed by atoms with van der Waals surface area (Å²) in [6, 6.07) is 11.1. The van der Waals surface area contributed by atoms with Gasteiger partial charge in [-0.15, -0.1) is 0 Å². The van der Waals surface area contributed by atoms with Gasteiger partial charge in [0.05, 0.1) is 34.6 Å². The molecule has 1 aliphatic rings. The first kappa shape index (κ1) is 27.6. The van der Waals surface area contributed by atoms with Gasteiger partial charge in [-0.1, -0.05) is 23.2 Å². The molecule has 2 amide bonds. The Hall–Kier alpha value is -3.40. The molecule has 0 spiro atoms. The zero-order valence-corrected chi connectivity index (χ0v) is 22.8. The van der Waals surface area contributed by atoms with Crippen LogP contribution in [0.2, 0.25) is 10.0 Å². The van der Waals surface area contributed by atoms with Gasteiger partial charge in [-0.05, 0) is 69.7 Å². The fourth-order valence-electron chi connectivity index (χ4n) is 4.35. The van der Waals surface area contributed by atoms with E-state index in [1.54, 1.807) is 47.4 Å². The predicted octanol–water partition coefficient (Wildman–Crippen LogP) is 3.67. The van der Waals surface area contributed by atoms with E-state index in [0.717, 1.165) is 0 Å². The summed E-state index contributed by atoms with van der Waals surface area (Å²) in [5, 5.41) is 15.4. The molecule has 0 radical (unpaired) electrons. The van der Waals surface area contributed by atoms with Crippen LogP contribution >= 0.6 is 23.2 Å². The Morgan fingerprint density at radius 3 is 2.42 bits per heavy atom. The van der Waals surface area contributed by atoms with Crippen LogP contribution in [0.4, 0.5) is 5.95 Å². The summed E-state index contributed by atoms with van der Waals surface area (Å²) >= 11 is 12.1. The molecule has 11 heteroatoms. The van der Waals surface area contributed by atoms with Crippen LogP contribution in [0, 0.1) is 0 Å². The zero-order valence-electron chi connectivity index (χ0n) is 21.3. The number of carbonyl (C=O) groups is 2. The van der Waals surface area contributed by atoms with Gasteiger partial charge >= 0.3 is 0 Å². The van der Waals surface area contributed by atoms with Gasteiger partial charge in [-0.2, -0.15) is 0 Å². The Labute approximate surface area is 230 Å². The van der Waals surface area contributed by atoms with E-state index >= 15 is 0 Å². The molecule has 0 bridgehead atoms. The van der Waals surface area contributed by atoms with Crippen LogP contribution < -0.4 is 16.2 Å². The van der Waals surface area contributed by atoms with Crippen molar-refractivity contribution in [1.82, 2.24) is 19.8 Å². The van der Waals surface area contributed by atoms with Crippen molar-refractivity contribution in [1.29, 1.82) is 0 Å². The summed E-state index contributed by atoms with van der Waals surface area (Å²) in [6.07, 6.45) is 0.331. The van der Waals surface area contributed by atoms with E-state index in [0.29, 0.717) is 50.5 Å². The standard InChI is InChI=1S/C27H29Cl2N5O4/c1-15(2)31-27-32-23-14-33(25(37)18-6-9-21(28)22(29)13-18)16(3)12-20(23)26(38)34(27)19-7-4-17(5-8-19)24(36)30-10-11-35/h4-9,13,15-16,35H,10-12,14H2,1-3H3,(H,30,36)(H,31,32)/t16-/m1/s1. The molecule has 4 rings (SSSR count). The van der Waals surface area contributed by atoms with Gasteiger partial charge in [0.25, 0.3) is 17.4 Å². The highest BCUT2D eigenvalue weighted by Gasteiger charge is 2.32. The number of amides is 2. The summed E-state index contributed by atoms with van der Waals surface area (Å²) < 4.78 is 1.50. The lowest BCUT2D eigenvalue weighted by atomic mass is 9.98. The Balaban J connectivity index is 1.71. The Morgan fingerprint density at radius 1 is 1.11 bits per heavy atom. The summed E-state index contributed by atoms with van der Waals surface area (Å²) in [7, 11) is 0. The molecule has 38 heavy (non-hydrogen) atoms. The lowest BCUT2D eigenvalue weighted by Gasteiger charge is -2.34. The number of benzene rings is 2. The largest absolute Gasteiger partial charge is 0.395 e. The number of fused-ring (bicyclic) bond motifs is 1. The number of halogens is 2. The summed E-state index contributed by atoms with van der Waals surface area (Å²) in [4.78, 5) is 45.8. The molecular formula is C27H29Cl2N5O4. The number of rotatable bonds is 7. The van der Waals surface area contributed by atoms with Gasteiger partial charge in [0.15, 0.2) is 0 Å². The minimum atomic E-state index is -0.317. The van der Waals surface area contributed by atoms with Crippen LogP contribution in [0.15, 0.2) is 47.3 Å². The van der Waals surface area contributed by atoms with Crippen molar-refractivity contribution in [3.63, 3.8) is 0 Å². The highest BCUT2D eigenvalue weighted by molar-refractivity contribution is 6.42. The van der Waals surface area contributed by atoms with Crippen molar-refractivity contribution in [3.8, 4) is 5.69 Å². The van der Waals surface area contributed by atoms with Gasteiger partial charge in [0.2, 0.25) is 5.95 Å². The number of aromatic nitrogens is 2. The maximum absolute atomic E-state index is 13.8. The minimum absolute atomic E-state index is 0.0220. The number of nitrogens with zero attached hydrogens (tertiary/aromatic N) is 3. The van der Waals surface area contributed by atoms with Crippen LogP contribution in [-0.2, 0) is 13.0 Å². The SMILES string of the molecule is CC(C)Nc1nc2c(c(=O)n1-c1ccc(C(=O)NCCO)cc1)C[C@@H](C)N(C(=O)c1ccc(Cl)c(Cl)c1)C2. The van der Waals surface area contributed by atoms with Crippen LogP contribution in [0.3, 0.4) is 0 Å². The first-order valence-electron chi connectivity index (χ1n) is 12.3. The van der Waals surface area contributed by atoms with Crippen LogP contribution in [0.5, 0.6) is 0 Å². The average molecular weight is 558 g/mol. The molecular weight excluding hydrogens is 529 g/mol. The van der Waals surface area contributed by atoms with E-state index < -0.39 is 0 Å². The highest BCUT2D eigenvalue weighted by atomic mass is 35.5. The fraction of sp³-hybridized carbons (Fsp3) is 0.333. The van der Waals surface area contributed by atoms with Crippen LogP contribution in [0.25, 0.3) is 5.69 Å². The number of anilines is 1. The van der Waals surface area contributed by atoms with Crippen molar-refractivity contribution in [2.75, 3.05) is 18.5 Å². The lowest BCUT2D eigenvalue weighted by Crippen LogP contribution is -2.46. The quantitative estimate of drug-likeness (QED) is 0.408. The van der Waals surface area contributed by atoms with Crippen LogP contribution in [-0.4, -0.2) is 56.6 Å². The minimum Gasteiger partial charge on any atom is -0.395 e. The molecule has 3 aromatic rings. The maximum atomic E-state index is 13.8. The molecule has 1 aliphatic heterocycles. The lowest BCUT2D eigenvalue weighted by molar-refractivity contribution is 0.0653. The molecule has 1 aromatic heterocycles. The van der Waals surface area contributed by atoms with E-state index in [1.807, 2.05) is 20.8 Å². The van der Waals surface area contributed by atoms with E-state index in [-0.39, 0.29) is 49.2 Å².